The van der Waals surface area contributed by atoms with Gasteiger partial charge in [-0.05, 0) is 25.0 Å². The van der Waals surface area contributed by atoms with E-state index in [1.54, 1.807) is 11.1 Å². The largest absolute Gasteiger partial charge is 0.326 e. The predicted octanol–water partition coefficient (Wildman–Crippen LogP) is 1.25. The summed E-state index contributed by atoms with van der Waals surface area (Å²) in [6, 6.07) is 7.89. The number of carbonyl (C=O) groups is 1. The average molecular weight is 256 g/mol. The summed E-state index contributed by atoms with van der Waals surface area (Å²) in [4.78, 5) is 14.4. The normalized spacial score (nSPS) is 18.2. The third kappa shape index (κ3) is 2.02. The van der Waals surface area contributed by atoms with E-state index in [0.29, 0.717) is 12.1 Å². The fourth-order valence-corrected chi connectivity index (χ4v) is 2.53. The fourth-order valence-electron chi connectivity index (χ4n) is 2.53. The van der Waals surface area contributed by atoms with Gasteiger partial charge in [-0.3, -0.25) is 9.89 Å². The van der Waals surface area contributed by atoms with Crippen molar-refractivity contribution in [2.24, 2.45) is 5.73 Å². The third-order valence-electron chi connectivity index (χ3n) is 3.49. The van der Waals surface area contributed by atoms with Crippen molar-refractivity contribution in [3.63, 3.8) is 0 Å². The van der Waals surface area contributed by atoms with Crippen LogP contribution in [0.2, 0.25) is 0 Å². The van der Waals surface area contributed by atoms with E-state index in [-0.39, 0.29) is 11.9 Å². The van der Waals surface area contributed by atoms with Crippen molar-refractivity contribution < 1.29 is 4.79 Å². The topological polar surface area (TPSA) is 75.0 Å². The maximum atomic E-state index is 12.6. The van der Waals surface area contributed by atoms with Gasteiger partial charge >= 0.3 is 0 Å². The predicted molar refractivity (Wildman–Crippen MR) is 73.1 cm³/mol. The fraction of sp³-hybridized carbons (Fsp3) is 0.286. The number of nitrogens with two attached hydrogens (primary N) is 1. The Morgan fingerprint density at radius 3 is 3.00 bits per heavy atom. The molecule has 0 spiro atoms. The first-order valence-electron chi connectivity index (χ1n) is 6.32. The molecule has 0 bridgehead atoms. The molecule has 1 atom stereocenters. The standard InChI is InChI=1S/C14H16N4O/c1-9-12(7-16-17-9)14(19)18-8-11(15)6-10-4-2-3-5-13(10)18/h2-5,7,11H,6,8,15H2,1H3,(H,16,17). The van der Waals surface area contributed by atoms with Crippen LogP contribution in [0.5, 0.6) is 0 Å². The van der Waals surface area contributed by atoms with Gasteiger partial charge in [0.05, 0.1) is 11.8 Å². The van der Waals surface area contributed by atoms with Crippen molar-refractivity contribution in [2.75, 3.05) is 11.4 Å². The van der Waals surface area contributed by atoms with Gasteiger partial charge in [-0.15, -0.1) is 0 Å². The molecule has 1 aliphatic rings. The van der Waals surface area contributed by atoms with Crippen LogP contribution in [0, 0.1) is 6.92 Å². The van der Waals surface area contributed by atoms with E-state index in [0.717, 1.165) is 23.4 Å². The molecule has 1 aliphatic heterocycles. The molecule has 0 fully saturated rings. The number of hydrogen-bond donors (Lipinski definition) is 2. The second-order valence-electron chi connectivity index (χ2n) is 4.92. The van der Waals surface area contributed by atoms with Crippen molar-refractivity contribution in [3.8, 4) is 0 Å². The Balaban J connectivity index is 2.02. The number of hydrogen-bond acceptors (Lipinski definition) is 3. The number of aryl methyl sites for hydroxylation is 1. The number of rotatable bonds is 1. The van der Waals surface area contributed by atoms with Crippen LogP contribution in [-0.4, -0.2) is 28.7 Å². The molecule has 0 saturated heterocycles. The van der Waals surface area contributed by atoms with E-state index < -0.39 is 0 Å². The van der Waals surface area contributed by atoms with Crippen molar-refractivity contribution in [1.29, 1.82) is 0 Å². The highest BCUT2D eigenvalue weighted by atomic mass is 16.2. The minimum absolute atomic E-state index is 0.0222. The van der Waals surface area contributed by atoms with Crippen LogP contribution in [0.25, 0.3) is 0 Å². The monoisotopic (exact) mass is 256 g/mol. The van der Waals surface area contributed by atoms with Crippen molar-refractivity contribution in [1.82, 2.24) is 10.2 Å². The number of aromatic nitrogens is 2. The number of anilines is 1. The molecule has 19 heavy (non-hydrogen) atoms. The lowest BCUT2D eigenvalue weighted by atomic mass is 9.98. The summed E-state index contributed by atoms with van der Waals surface area (Å²) >= 11 is 0. The summed E-state index contributed by atoms with van der Waals surface area (Å²) in [5, 5.41) is 6.70. The molecular formula is C14H16N4O. The SMILES string of the molecule is Cc1[nH]ncc1C(=O)N1CC(N)Cc2ccccc21. The Morgan fingerprint density at radius 1 is 1.47 bits per heavy atom. The van der Waals surface area contributed by atoms with Gasteiger partial charge in [0.1, 0.15) is 0 Å². The lowest BCUT2D eigenvalue weighted by molar-refractivity contribution is 0.0983. The lowest BCUT2D eigenvalue weighted by Crippen LogP contribution is -2.46. The minimum Gasteiger partial charge on any atom is -0.326 e. The number of amides is 1. The molecule has 2 heterocycles. The molecule has 0 radical (unpaired) electrons. The molecule has 5 heteroatoms. The van der Waals surface area contributed by atoms with Crippen LogP contribution in [0.4, 0.5) is 5.69 Å². The number of nitrogens with one attached hydrogen (secondary N) is 1. The highest BCUT2D eigenvalue weighted by molar-refractivity contribution is 6.07. The van der Waals surface area contributed by atoms with E-state index in [4.69, 9.17) is 5.73 Å². The minimum atomic E-state index is -0.0474. The summed E-state index contributed by atoms with van der Waals surface area (Å²) in [7, 11) is 0. The number of H-pyrrole nitrogens is 1. The molecule has 0 aliphatic carbocycles. The molecular weight excluding hydrogens is 240 g/mol. The quantitative estimate of drug-likeness (QED) is 0.806. The van der Waals surface area contributed by atoms with Crippen molar-refractivity contribution in [3.05, 3.63) is 47.3 Å². The Labute approximate surface area is 111 Å². The zero-order valence-corrected chi connectivity index (χ0v) is 10.8. The Hall–Kier alpha value is -2.14. The summed E-state index contributed by atoms with van der Waals surface area (Å²) in [6.07, 6.45) is 2.38. The maximum absolute atomic E-state index is 12.6. The Kier molecular flexibility index (Phi) is 2.83. The Morgan fingerprint density at radius 2 is 2.26 bits per heavy atom. The number of benzene rings is 1. The van der Waals surface area contributed by atoms with Gasteiger partial charge in [-0.25, -0.2) is 0 Å². The van der Waals surface area contributed by atoms with Gasteiger partial charge in [0, 0.05) is 24.0 Å². The van der Waals surface area contributed by atoms with E-state index >= 15 is 0 Å². The van der Waals surface area contributed by atoms with Crippen LogP contribution in [0.15, 0.2) is 30.5 Å². The molecule has 3 N–H and O–H groups in total. The van der Waals surface area contributed by atoms with Gasteiger partial charge in [0.15, 0.2) is 0 Å². The van der Waals surface area contributed by atoms with E-state index in [1.807, 2.05) is 31.2 Å². The summed E-state index contributed by atoms with van der Waals surface area (Å²) < 4.78 is 0. The summed E-state index contributed by atoms with van der Waals surface area (Å²) in [5.41, 5.74) is 9.51. The Bertz CT molecular complexity index is 619. The summed E-state index contributed by atoms with van der Waals surface area (Å²) in [6.45, 7) is 2.39. The molecule has 1 aromatic heterocycles. The van der Waals surface area contributed by atoms with E-state index in [1.165, 1.54) is 0 Å². The molecule has 1 amide bonds. The second-order valence-corrected chi connectivity index (χ2v) is 4.92. The highest BCUT2D eigenvalue weighted by Crippen LogP contribution is 2.28. The molecule has 98 valence electrons. The molecule has 0 saturated carbocycles. The lowest BCUT2D eigenvalue weighted by Gasteiger charge is -2.32. The highest BCUT2D eigenvalue weighted by Gasteiger charge is 2.28. The van der Waals surface area contributed by atoms with Crippen molar-refractivity contribution >= 4 is 11.6 Å². The maximum Gasteiger partial charge on any atom is 0.261 e. The number of nitrogens with zero attached hydrogens (tertiary/aromatic N) is 2. The van der Waals surface area contributed by atoms with Crippen LogP contribution in [0.3, 0.4) is 0 Å². The van der Waals surface area contributed by atoms with E-state index in [2.05, 4.69) is 10.2 Å². The first-order chi connectivity index (χ1) is 9.16. The number of para-hydroxylation sites is 1. The molecule has 2 aromatic rings. The van der Waals surface area contributed by atoms with Crippen LogP contribution in [0.1, 0.15) is 21.6 Å². The molecule has 1 aromatic carbocycles. The first kappa shape index (κ1) is 11.9. The van der Waals surface area contributed by atoms with Gasteiger partial charge in [-0.2, -0.15) is 5.10 Å². The third-order valence-corrected chi connectivity index (χ3v) is 3.49. The van der Waals surface area contributed by atoms with Gasteiger partial charge < -0.3 is 10.6 Å². The zero-order valence-electron chi connectivity index (χ0n) is 10.8. The first-order valence-corrected chi connectivity index (χ1v) is 6.32. The number of carbonyl (C=O) groups excluding carboxylic acids is 1. The number of aromatic amines is 1. The van der Waals surface area contributed by atoms with Gasteiger partial charge in [0.25, 0.3) is 5.91 Å². The average Bonchev–Trinajstić information content (AvgIpc) is 2.83. The smallest absolute Gasteiger partial charge is 0.261 e. The molecule has 1 unspecified atom stereocenters. The van der Waals surface area contributed by atoms with Gasteiger partial charge in [-0.1, -0.05) is 18.2 Å². The van der Waals surface area contributed by atoms with Crippen LogP contribution < -0.4 is 10.6 Å². The molecule has 3 rings (SSSR count). The van der Waals surface area contributed by atoms with Gasteiger partial charge in [0.2, 0.25) is 0 Å². The molecule has 5 nitrogen and oxygen atoms in total. The zero-order chi connectivity index (χ0) is 13.4. The summed E-state index contributed by atoms with van der Waals surface area (Å²) in [5.74, 6) is -0.0474. The van der Waals surface area contributed by atoms with Crippen LogP contribution in [-0.2, 0) is 6.42 Å². The van der Waals surface area contributed by atoms with Crippen molar-refractivity contribution in [2.45, 2.75) is 19.4 Å². The number of fused-ring (bicyclic) bond motifs is 1. The van der Waals surface area contributed by atoms with E-state index in [9.17, 15) is 4.79 Å². The second kappa shape index (κ2) is 4.51. The van der Waals surface area contributed by atoms with Crippen LogP contribution >= 0.6 is 0 Å².